The summed E-state index contributed by atoms with van der Waals surface area (Å²) < 4.78 is 5.11. The van der Waals surface area contributed by atoms with Gasteiger partial charge in [0, 0.05) is 25.0 Å². The zero-order valence-corrected chi connectivity index (χ0v) is 17.2. The minimum Gasteiger partial charge on any atom is -0.497 e. The van der Waals surface area contributed by atoms with Gasteiger partial charge in [0.15, 0.2) is 0 Å². The van der Waals surface area contributed by atoms with Crippen LogP contribution in [0.15, 0.2) is 42.5 Å². The van der Waals surface area contributed by atoms with Gasteiger partial charge >= 0.3 is 6.03 Å². The second-order valence-corrected chi connectivity index (χ2v) is 7.43. The molecule has 0 saturated carbocycles. The van der Waals surface area contributed by atoms with Crippen LogP contribution in [0.1, 0.15) is 33.6 Å². The first-order valence-corrected chi connectivity index (χ1v) is 9.88. The number of nitrogens with zero attached hydrogens (tertiary/aromatic N) is 2. The Morgan fingerprint density at radius 2 is 1.65 bits per heavy atom. The van der Waals surface area contributed by atoms with Crippen LogP contribution < -0.4 is 15.4 Å². The number of rotatable bonds is 4. The van der Waals surface area contributed by atoms with Gasteiger partial charge in [-0.2, -0.15) is 0 Å². The number of hydrogen-bond donors (Lipinski definition) is 2. The maximum atomic E-state index is 12.8. The number of urea groups is 1. The number of imide groups is 1. The summed E-state index contributed by atoms with van der Waals surface area (Å²) in [5, 5.41) is 5.57. The summed E-state index contributed by atoms with van der Waals surface area (Å²) in [4.78, 5) is 52.3. The van der Waals surface area contributed by atoms with Crippen molar-refractivity contribution in [1.29, 1.82) is 0 Å². The molecule has 2 aliphatic rings. The molecule has 1 atom stereocenters. The van der Waals surface area contributed by atoms with E-state index in [0.29, 0.717) is 42.1 Å². The van der Waals surface area contributed by atoms with Crippen molar-refractivity contribution in [3.05, 3.63) is 53.6 Å². The molecule has 2 aromatic carbocycles. The highest BCUT2D eigenvalue weighted by Crippen LogP contribution is 2.26. The van der Waals surface area contributed by atoms with Gasteiger partial charge in [0.2, 0.25) is 5.91 Å². The zero-order valence-electron chi connectivity index (χ0n) is 17.2. The van der Waals surface area contributed by atoms with Crippen LogP contribution in [0.4, 0.5) is 16.2 Å². The minimum atomic E-state index is -0.606. The monoisotopic (exact) mass is 422 g/mol. The largest absolute Gasteiger partial charge is 0.497 e. The molecule has 2 heterocycles. The van der Waals surface area contributed by atoms with Gasteiger partial charge in [-0.3, -0.25) is 19.3 Å². The Morgan fingerprint density at radius 1 is 0.968 bits per heavy atom. The number of amides is 5. The molecule has 0 aliphatic carbocycles. The lowest BCUT2D eigenvalue weighted by Crippen LogP contribution is -2.45. The molecule has 9 nitrogen and oxygen atoms in total. The van der Waals surface area contributed by atoms with Crippen molar-refractivity contribution < 1.29 is 23.9 Å². The van der Waals surface area contributed by atoms with Crippen LogP contribution in [0.2, 0.25) is 0 Å². The molecule has 0 unspecified atom stereocenters. The van der Waals surface area contributed by atoms with Crippen LogP contribution in [-0.2, 0) is 4.79 Å². The van der Waals surface area contributed by atoms with E-state index in [9.17, 15) is 19.2 Å². The molecule has 0 bridgehead atoms. The standard InChI is InChI=1S/C22H22N4O5/c1-25-20(28)16-10-7-14(12-17(16)21(25)29)24-22(30)26-11-3-4-18(26)19(27)23-13-5-8-15(31-2)9-6-13/h5-10,12,18H,3-4,11H2,1-2H3,(H,23,27)(H,24,30)/t18-/m1/s1. The molecule has 2 N–H and O–H groups in total. The number of methoxy groups -OCH3 is 1. The van der Waals surface area contributed by atoms with Crippen LogP contribution >= 0.6 is 0 Å². The Bertz CT molecular complexity index is 1070. The quantitative estimate of drug-likeness (QED) is 0.737. The SMILES string of the molecule is COc1ccc(NC(=O)[C@H]2CCCN2C(=O)Nc2ccc3c(c2)C(=O)N(C)C3=O)cc1. The van der Waals surface area contributed by atoms with E-state index in [0.717, 1.165) is 4.90 Å². The lowest BCUT2D eigenvalue weighted by atomic mass is 10.1. The Kier molecular flexibility index (Phi) is 5.33. The van der Waals surface area contributed by atoms with Gasteiger partial charge in [-0.25, -0.2) is 4.79 Å². The normalized spacial score (nSPS) is 17.5. The van der Waals surface area contributed by atoms with E-state index in [4.69, 9.17) is 4.74 Å². The highest BCUT2D eigenvalue weighted by atomic mass is 16.5. The molecule has 9 heteroatoms. The first kappa shape index (κ1) is 20.4. The van der Waals surface area contributed by atoms with Crippen molar-refractivity contribution in [3.8, 4) is 5.75 Å². The van der Waals surface area contributed by atoms with Gasteiger partial charge in [-0.05, 0) is 55.3 Å². The molecule has 2 aliphatic heterocycles. The third-order valence-corrected chi connectivity index (χ3v) is 5.51. The molecule has 160 valence electrons. The first-order valence-electron chi connectivity index (χ1n) is 9.88. The Labute approximate surface area is 179 Å². The van der Waals surface area contributed by atoms with Crippen LogP contribution in [0.3, 0.4) is 0 Å². The molecule has 5 amide bonds. The summed E-state index contributed by atoms with van der Waals surface area (Å²) in [5.41, 5.74) is 1.56. The summed E-state index contributed by atoms with van der Waals surface area (Å²) in [6.45, 7) is 0.442. The van der Waals surface area contributed by atoms with Gasteiger partial charge in [-0.15, -0.1) is 0 Å². The highest BCUT2D eigenvalue weighted by Gasteiger charge is 2.35. The van der Waals surface area contributed by atoms with Crippen molar-refractivity contribution in [2.24, 2.45) is 0 Å². The molecule has 0 spiro atoms. The van der Waals surface area contributed by atoms with E-state index >= 15 is 0 Å². The van der Waals surface area contributed by atoms with Gasteiger partial charge in [0.25, 0.3) is 11.8 Å². The number of ether oxygens (including phenoxy) is 1. The third-order valence-electron chi connectivity index (χ3n) is 5.51. The molecule has 4 rings (SSSR count). The third kappa shape index (κ3) is 3.81. The van der Waals surface area contributed by atoms with Gasteiger partial charge in [-0.1, -0.05) is 0 Å². The summed E-state index contributed by atoms with van der Waals surface area (Å²) >= 11 is 0. The lowest BCUT2D eigenvalue weighted by molar-refractivity contribution is -0.119. The lowest BCUT2D eigenvalue weighted by Gasteiger charge is -2.24. The molecule has 1 saturated heterocycles. The smallest absolute Gasteiger partial charge is 0.322 e. The average molecular weight is 422 g/mol. The summed E-state index contributed by atoms with van der Waals surface area (Å²) in [6.07, 6.45) is 1.26. The fourth-order valence-corrected chi connectivity index (χ4v) is 3.82. The van der Waals surface area contributed by atoms with Crippen LogP contribution in [-0.4, -0.2) is 60.3 Å². The molecular formula is C22H22N4O5. The van der Waals surface area contributed by atoms with E-state index in [1.165, 1.54) is 24.1 Å². The second kappa shape index (κ2) is 8.10. The number of hydrogen-bond acceptors (Lipinski definition) is 5. The van der Waals surface area contributed by atoms with Crippen LogP contribution in [0, 0.1) is 0 Å². The van der Waals surface area contributed by atoms with Crippen LogP contribution in [0.5, 0.6) is 5.75 Å². The molecule has 31 heavy (non-hydrogen) atoms. The second-order valence-electron chi connectivity index (χ2n) is 7.43. The highest BCUT2D eigenvalue weighted by molar-refractivity contribution is 6.21. The van der Waals surface area contributed by atoms with Crippen LogP contribution in [0.25, 0.3) is 0 Å². The zero-order chi connectivity index (χ0) is 22.1. The molecular weight excluding hydrogens is 400 g/mol. The van der Waals surface area contributed by atoms with Crippen molar-refractivity contribution in [3.63, 3.8) is 0 Å². The average Bonchev–Trinajstić information content (AvgIpc) is 3.35. The number of likely N-dealkylation sites (tertiary alicyclic amines) is 1. The fraction of sp³-hybridized carbons (Fsp3) is 0.273. The number of nitrogens with one attached hydrogen (secondary N) is 2. The summed E-state index contributed by atoms with van der Waals surface area (Å²) in [6, 6.07) is 10.5. The van der Waals surface area contributed by atoms with E-state index in [2.05, 4.69) is 10.6 Å². The number of anilines is 2. The van der Waals surface area contributed by atoms with E-state index in [1.54, 1.807) is 37.4 Å². The van der Waals surface area contributed by atoms with Crippen molar-refractivity contribution in [1.82, 2.24) is 9.80 Å². The topological polar surface area (TPSA) is 108 Å². The van der Waals surface area contributed by atoms with E-state index < -0.39 is 18.0 Å². The predicted octanol–water partition coefficient (Wildman–Crippen LogP) is 2.56. The molecule has 1 fully saturated rings. The number of fused-ring (bicyclic) bond motifs is 1. The van der Waals surface area contributed by atoms with Gasteiger partial charge in [0.05, 0.1) is 18.2 Å². The maximum absolute atomic E-state index is 12.8. The molecule has 2 aromatic rings. The predicted molar refractivity (Wildman–Crippen MR) is 113 cm³/mol. The Morgan fingerprint density at radius 3 is 2.35 bits per heavy atom. The van der Waals surface area contributed by atoms with Gasteiger partial charge in [0.1, 0.15) is 11.8 Å². The van der Waals surface area contributed by atoms with Crippen molar-refractivity contribution >= 4 is 35.1 Å². The number of benzene rings is 2. The molecule has 0 aromatic heterocycles. The van der Waals surface area contributed by atoms with E-state index in [-0.39, 0.29) is 17.4 Å². The summed E-state index contributed by atoms with van der Waals surface area (Å²) in [7, 11) is 2.98. The van der Waals surface area contributed by atoms with Gasteiger partial charge < -0.3 is 20.3 Å². The maximum Gasteiger partial charge on any atom is 0.322 e. The first-order chi connectivity index (χ1) is 14.9. The Balaban J connectivity index is 1.44. The number of carbonyl (C=O) groups excluding carboxylic acids is 4. The Hall–Kier alpha value is -3.88. The summed E-state index contributed by atoms with van der Waals surface area (Å²) in [5.74, 6) is -0.364. The fourth-order valence-electron chi connectivity index (χ4n) is 3.82. The number of carbonyl (C=O) groups is 4. The van der Waals surface area contributed by atoms with Crippen molar-refractivity contribution in [2.75, 3.05) is 31.3 Å². The minimum absolute atomic E-state index is 0.250. The molecule has 0 radical (unpaired) electrons. The van der Waals surface area contributed by atoms with Crippen molar-refractivity contribution in [2.45, 2.75) is 18.9 Å². The van der Waals surface area contributed by atoms with E-state index in [1.807, 2.05) is 0 Å².